The minimum Gasteiger partial charge on any atom is -0.353 e. The zero-order valence-electron chi connectivity index (χ0n) is 11.0. The van der Waals surface area contributed by atoms with E-state index in [-0.39, 0.29) is 6.29 Å². The Morgan fingerprint density at radius 3 is 2.31 bits per heavy atom. The maximum Gasteiger partial charge on any atom is 0.157 e. The average molecular weight is 228 g/mol. The topological polar surface area (TPSA) is 18.5 Å². The maximum absolute atomic E-state index is 5.96. The van der Waals surface area contributed by atoms with Crippen molar-refractivity contribution in [2.24, 2.45) is 0 Å². The summed E-state index contributed by atoms with van der Waals surface area (Å²) in [5, 5.41) is 0. The molecule has 0 saturated carbocycles. The smallest absolute Gasteiger partial charge is 0.157 e. The number of unbranched alkanes of at least 4 members (excludes halogenated alkanes) is 4. The van der Waals surface area contributed by atoms with Gasteiger partial charge in [-0.2, -0.15) is 0 Å². The number of hydrogen-bond donors (Lipinski definition) is 0. The van der Waals surface area contributed by atoms with Crippen LogP contribution in [0.5, 0.6) is 0 Å². The van der Waals surface area contributed by atoms with Gasteiger partial charge in [0.15, 0.2) is 6.29 Å². The molecule has 2 unspecified atom stereocenters. The van der Waals surface area contributed by atoms with Gasteiger partial charge in [0, 0.05) is 0 Å². The molecule has 2 atom stereocenters. The van der Waals surface area contributed by atoms with Gasteiger partial charge in [0.25, 0.3) is 0 Å². The lowest BCUT2D eigenvalue weighted by Gasteiger charge is -2.30. The van der Waals surface area contributed by atoms with Gasteiger partial charge in [-0.05, 0) is 25.7 Å². The molecule has 2 heteroatoms. The van der Waals surface area contributed by atoms with Gasteiger partial charge < -0.3 is 9.47 Å². The molecule has 2 nitrogen and oxygen atoms in total. The largest absolute Gasteiger partial charge is 0.353 e. The molecule has 0 aliphatic carbocycles. The van der Waals surface area contributed by atoms with Gasteiger partial charge in [0.05, 0.1) is 12.7 Å². The van der Waals surface area contributed by atoms with Crippen LogP contribution in [-0.4, -0.2) is 19.0 Å². The summed E-state index contributed by atoms with van der Waals surface area (Å²) in [4.78, 5) is 0. The van der Waals surface area contributed by atoms with Crippen LogP contribution in [-0.2, 0) is 9.47 Å². The Labute approximate surface area is 101 Å². The summed E-state index contributed by atoms with van der Waals surface area (Å²) in [5.41, 5.74) is 0. The third-order valence-electron chi connectivity index (χ3n) is 3.26. The fourth-order valence-electron chi connectivity index (χ4n) is 2.20. The Kier molecular flexibility index (Phi) is 7.87. The first-order valence-electron chi connectivity index (χ1n) is 7.13. The molecule has 16 heavy (non-hydrogen) atoms. The summed E-state index contributed by atoms with van der Waals surface area (Å²) >= 11 is 0. The number of hydrogen-bond acceptors (Lipinski definition) is 2. The first kappa shape index (κ1) is 14.0. The van der Waals surface area contributed by atoms with Crippen molar-refractivity contribution in [1.82, 2.24) is 0 Å². The zero-order valence-corrected chi connectivity index (χ0v) is 11.0. The standard InChI is InChI=1S/C14H28O2/c1-3-5-7-9-13-11-12-15-14(16-13)10-8-6-4-2/h13-14H,3-12H2,1-2H3. The highest BCUT2D eigenvalue weighted by atomic mass is 16.7. The molecule has 0 radical (unpaired) electrons. The second-order valence-electron chi connectivity index (χ2n) is 4.84. The fraction of sp³-hybridized carbons (Fsp3) is 1.00. The van der Waals surface area contributed by atoms with Crippen molar-refractivity contribution < 1.29 is 9.47 Å². The molecule has 1 aliphatic heterocycles. The van der Waals surface area contributed by atoms with Gasteiger partial charge in [0.2, 0.25) is 0 Å². The molecular formula is C14H28O2. The van der Waals surface area contributed by atoms with E-state index in [1.807, 2.05) is 0 Å². The monoisotopic (exact) mass is 228 g/mol. The van der Waals surface area contributed by atoms with Crippen LogP contribution < -0.4 is 0 Å². The van der Waals surface area contributed by atoms with E-state index in [1.165, 1.54) is 44.9 Å². The van der Waals surface area contributed by atoms with E-state index in [0.717, 1.165) is 19.4 Å². The third kappa shape index (κ3) is 5.86. The first-order chi connectivity index (χ1) is 7.86. The summed E-state index contributed by atoms with van der Waals surface area (Å²) in [6.45, 7) is 5.38. The molecule has 1 saturated heterocycles. The van der Waals surface area contributed by atoms with Gasteiger partial charge in [-0.15, -0.1) is 0 Å². The molecule has 1 fully saturated rings. The highest BCUT2D eigenvalue weighted by Gasteiger charge is 2.21. The second kappa shape index (κ2) is 9.00. The Morgan fingerprint density at radius 1 is 0.938 bits per heavy atom. The van der Waals surface area contributed by atoms with Gasteiger partial charge in [-0.25, -0.2) is 0 Å². The van der Waals surface area contributed by atoms with Crippen molar-refractivity contribution in [3.8, 4) is 0 Å². The summed E-state index contributed by atoms with van der Waals surface area (Å²) < 4.78 is 11.6. The molecule has 1 rings (SSSR count). The van der Waals surface area contributed by atoms with E-state index in [1.54, 1.807) is 0 Å². The molecule has 0 spiro atoms. The van der Waals surface area contributed by atoms with E-state index in [4.69, 9.17) is 9.47 Å². The van der Waals surface area contributed by atoms with E-state index in [9.17, 15) is 0 Å². The van der Waals surface area contributed by atoms with Crippen LogP contribution in [0.4, 0.5) is 0 Å². The average Bonchev–Trinajstić information content (AvgIpc) is 2.30. The van der Waals surface area contributed by atoms with Gasteiger partial charge in [-0.3, -0.25) is 0 Å². The van der Waals surface area contributed by atoms with Crippen LogP contribution in [0.15, 0.2) is 0 Å². The number of ether oxygens (including phenoxy) is 2. The first-order valence-corrected chi connectivity index (χ1v) is 7.13. The van der Waals surface area contributed by atoms with Crippen LogP contribution in [0.2, 0.25) is 0 Å². The zero-order chi connectivity index (χ0) is 11.6. The lowest BCUT2D eigenvalue weighted by molar-refractivity contribution is -0.216. The van der Waals surface area contributed by atoms with E-state index in [2.05, 4.69) is 13.8 Å². The Bertz CT molecular complexity index is 143. The van der Waals surface area contributed by atoms with E-state index >= 15 is 0 Å². The normalized spacial score (nSPS) is 25.9. The summed E-state index contributed by atoms with van der Waals surface area (Å²) in [6, 6.07) is 0. The van der Waals surface area contributed by atoms with Crippen molar-refractivity contribution in [2.45, 2.75) is 84.0 Å². The Morgan fingerprint density at radius 2 is 1.62 bits per heavy atom. The van der Waals surface area contributed by atoms with Gasteiger partial charge in [0.1, 0.15) is 0 Å². The molecule has 1 aliphatic rings. The van der Waals surface area contributed by atoms with Crippen molar-refractivity contribution >= 4 is 0 Å². The lowest BCUT2D eigenvalue weighted by Crippen LogP contribution is -2.32. The van der Waals surface area contributed by atoms with Crippen molar-refractivity contribution in [1.29, 1.82) is 0 Å². The molecule has 0 aromatic rings. The van der Waals surface area contributed by atoms with Crippen LogP contribution in [0.3, 0.4) is 0 Å². The van der Waals surface area contributed by atoms with Crippen molar-refractivity contribution in [3.63, 3.8) is 0 Å². The molecule has 0 aromatic carbocycles. The third-order valence-corrected chi connectivity index (χ3v) is 3.26. The van der Waals surface area contributed by atoms with Crippen LogP contribution in [0, 0.1) is 0 Å². The summed E-state index contributed by atoms with van der Waals surface area (Å²) in [7, 11) is 0. The molecular weight excluding hydrogens is 200 g/mol. The Hall–Kier alpha value is -0.0800. The lowest BCUT2D eigenvalue weighted by atomic mass is 10.1. The highest BCUT2D eigenvalue weighted by Crippen LogP contribution is 2.21. The minimum atomic E-state index is 0.0897. The second-order valence-corrected chi connectivity index (χ2v) is 4.84. The van der Waals surface area contributed by atoms with E-state index < -0.39 is 0 Å². The van der Waals surface area contributed by atoms with E-state index in [0.29, 0.717) is 6.10 Å². The number of rotatable bonds is 8. The fourth-order valence-corrected chi connectivity index (χ4v) is 2.20. The molecule has 0 N–H and O–H groups in total. The van der Waals surface area contributed by atoms with Crippen LogP contribution >= 0.6 is 0 Å². The van der Waals surface area contributed by atoms with Crippen molar-refractivity contribution in [3.05, 3.63) is 0 Å². The quantitative estimate of drug-likeness (QED) is 0.577. The maximum atomic E-state index is 5.96. The SMILES string of the molecule is CCCCCC1CCOC(CCCCC)O1. The predicted molar refractivity (Wildman–Crippen MR) is 67.5 cm³/mol. The summed E-state index contributed by atoms with van der Waals surface area (Å²) in [6.07, 6.45) is 11.7. The van der Waals surface area contributed by atoms with Gasteiger partial charge >= 0.3 is 0 Å². The molecule has 0 bridgehead atoms. The minimum absolute atomic E-state index is 0.0897. The van der Waals surface area contributed by atoms with Gasteiger partial charge in [-0.1, -0.05) is 46.0 Å². The molecule has 0 aromatic heterocycles. The molecule has 1 heterocycles. The molecule has 0 amide bonds. The van der Waals surface area contributed by atoms with Crippen LogP contribution in [0.25, 0.3) is 0 Å². The van der Waals surface area contributed by atoms with Crippen LogP contribution in [0.1, 0.15) is 71.6 Å². The van der Waals surface area contributed by atoms with Crippen molar-refractivity contribution in [2.75, 3.05) is 6.61 Å². The summed E-state index contributed by atoms with van der Waals surface area (Å²) in [5.74, 6) is 0. The Balaban J connectivity index is 2.09. The molecule has 96 valence electrons. The predicted octanol–water partition coefficient (Wildman–Crippen LogP) is 4.28. The highest BCUT2D eigenvalue weighted by molar-refractivity contribution is 4.64.